The number of para-hydroxylation sites is 3. The first-order chi connectivity index (χ1) is 24.6. The van der Waals surface area contributed by atoms with Crippen molar-refractivity contribution in [3.63, 3.8) is 0 Å². The quantitative estimate of drug-likeness (QED) is 0.175. The number of hydrogen-bond donors (Lipinski definition) is 0. The summed E-state index contributed by atoms with van der Waals surface area (Å²) in [4.78, 5) is 15.9. The van der Waals surface area contributed by atoms with Crippen LogP contribution < -0.4 is 4.90 Å². The average Bonchev–Trinajstić information content (AvgIpc) is 3.48. The van der Waals surface area contributed by atoms with Gasteiger partial charge >= 0.3 is 0 Å². The minimum Gasteiger partial charge on any atom is -0.309 e. The summed E-state index contributed by atoms with van der Waals surface area (Å²) in [5.74, 6) is 2.00. The van der Waals surface area contributed by atoms with Crippen molar-refractivity contribution in [3.8, 4) is 16.8 Å². The Morgan fingerprint density at radius 3 is 1.86 bits per heavy atom. The summed E-state index contributed by atoms with van der Waals surface area (Å²) in [7, 11) is 0. The molecule has 2 heterocycles. The van der Waals surface area contributed by atoms with Crippen LogP contribution in [0.3, 0.4) is 0 Å². The molecule has 0 atom stereocenters. The first kappa shape index (κ1) is 28.4. The van der Waals surface area contributed by atoms with Crippen molar-refractivity contribution in [1.82, 2.24) is 19.5 Å². The van der Waals surface area contributed by atoms with Crippen LogP contribution in [0.5, 0.6) is 0 Å². The van der Waals surface area contributed by atoms with Crippen LogP contribution in [0.4, 0.5) is 17.3 Å². The molecule has 0 aliphatic rings. The number of rotatable bonds is 5. The third-order valence-corrected chi connectivity index (χ3v) is 9.93. The molecule has 0 aliphatic heterocycles. The molecule has 0 fully saturated rings. The van der Waals surface area contributed by atoms with Crippen LogP contribution in [0, 0.1) is 13.8 Å². The topological polar surface area (TPSA) is 46.8 Å². The number of benzene rings is 8. The minimum absolute atomic E-state index is 0.608. The van der Waals surface area contributed by atoms with E-state index in [4.69, 9.17) is 9.97 Å². The Morgan fingerprint density at radius 1 is 0.460 bits per heavy atom. The molecule has 236 valence electrons. The number of nitrogens with zero attached hydrogens (tertiary/aromatic N) is 5. The van der Waals surface area contributed by atoms with Crippen LogP contribution in [0.25, 0.3) is 70.9 Å². The molecule has 0 bridgehead atoms. The molecule has 0 saturated carbocycles. The lowest BCUT2D eigenvalue weighted by atomic mass is 9.88. The van der Waals surface area contributed by atoms with Crippen LogP contribution in [0.1, 0.15) is 11.6 Å². The molecule has 0 N–H and O–H groups in total. The SMILES string of the molecule is Cc1nc(C)nc(N(c2ccccc2)c2ccc(-c3ccc4ccc5c6c(ccc3c46)cc3c5c4ccccc4n3-c3ccccc3)cc2)n1. The van der Waals surface area contributed by atoms with Gasteiger partial charge in [-0.1, -0.05) is 103 Å². The molecular weight excluding hydrogens is 611 g/mol. The summed E-state index contributed by atoms with van der Waals surface area (Å²) < 4.78 is 2.41. The van der Waals surface area contributed by atoms with Crippen molar-refractivity contribution in [2.24, 2.45) is 0 Å². The van der Waals surface area contributed by atoms with Gasteiger partial charge < -0.3 is 4.57 Å². The Morgan fingerprint density at radius 2 is 1.08 bits per heavy atom. The molecular formula is C45H31N5. The number of fused-ring (bicyclic) bond motifs is 4. The molecule has 0 spiro atoms. The second-order valence-electron chi connectivity index (χ2n) is 12.9. The van der Waals surface area contributed by atoms with Crippen molar-refractivity contribution >= 4 is 71.4 Å². The Hall–Kier alpha value is -6.59. The zero-order valence-electron chi connectivity index (χ0n) is 27.7. The molecule has 0 unspecified atom stereocenters. The summed E-state index contributed by atoms with van der Waals surface area (Å²) >= 11 is 0. The van der Waals surface area contributed by atoms with Crippen LogP contribution in [0.2, 0.25) is 0 Å². The van der Waals surface area contributed by atoms with Crippen molar-refractivity contribution in [1.29, 1.82) is 0 Å². The van der Waals surface area contributed by atoms with Crippen LogP contribution in [-0.2, 0) is 0 Å². The van der Waals surface area contributed by atoms with E-state index in [0.717, 1.165) is 16.9 Å². The molecule has 8 aromatic carbocycles. The van der Waals surface area contributed by atoms with E-state index in [2.05, 4.69) is 148 Å². The highest BCUT2D eigenvalue weighted by Gasteiger charge is 2.20. The van der Waals surface area contributed by atoms with Crippen molar-refractivity contribution in [2.45, 2.75) is 13.8 Å². The molecule has 5 heteroatoms. The Bertz CT molecular complexity index is 2850. The molecule has 0 amide bonds. The predicted octanol–water partition coefficient (Wildman–Crippen LogP) is 11.6. The summed E-state index contributed by atoms with van der Waals surface area (Å²) in [6.07, 6.45) is 0. The first-order valence-corrected chi connectivity index (χ1v) is 17.0. The standard InChI is InChI=1S/C45H31N5/c1-28-46-29(2)48-45(47-28)49(33-11-5-3-6-12-33)35-22-17-30(18-23-35)36-24-19-31-20-26-39-43-32(21-25-37(36)42(31)43)27-41-44(39)38-15-9-10-16-40(38)50(41)34-13-7-4-8-14-34/h3-27H,1-2H3. The third-order valence-electron chi connectivity index (χ3n) is 9.93. The van der Waals surface area contributed by atoms with E-state index in [1.165, 1.54) is 65.4 Å². The number of aromatic nitrogens is 4. The maximum absolute atomic E-state index is 4.72. The highest BCUT2D eigenvalue weighted by molar-refractivity contribution is 6.34. The Balaban J connectivity index is 1.16. The average molecular weight is 642 g/mol. The van der Waals surface area contributed by atoms with E-state index in [-0.39, 0.29) is 0 Å². The highest BCUT2D eigenvalue weighted by Crippen LogP contribution is 2.45. The van der Waals surface area contributed by atoms with Gasteiger partial charge in [-0.25, -0.2) is 4.98 Å². The summed E-state index contributed by atoms with van der Waals surface area (Å²) in [6, 6.07) is 54.6. The fraction of sp³-hybridized carbons (Fsp3) is 0.0444. The molecule has 10 rings (SSSR count). The molecule has 0 saturated heterocycles. The molecule has 5 nitrogen and oxygen atoms in total. The second-order valence-corrected chi connectivity index (χ2v) is 12.9. The molecule has 0 radical (unpaired) electrons. The van der Waals surface area contributed by atoms with Gasteiger partial charge in [-0.15, -0.1) is 0 Å². The van der Waals surface area contributed by atoms with Gasteiger partial charge in [0.05, 0.1) is 11.0 Å². The van der Waals surface area contributed by atoms with Crippen LogP contribution >= 0.6 is 0 Å². The highest BCUT2D eigenvalue weighted by atomic mass is 15.3. The van der Waals surface area contributed by atoms with Gasteiger partial charge in [-0.2, -0.15) is 9.97 Å². The zero-order valence-corrected chi connectivity index (χ0v) is 27.7. The van der Waals surface area contributed by atoms with Gasteiger partial charge in [-0.3, -0.25) is 4.90 Å². The maximum atomic E-state index is 4.72. The van der Waals surface area contributed by atoms with E-state index in [9.17, 15) is 0 Å². The largest absolute Gasteiger partial charge is 0.309 e. The Labute approximate surface area is 289 Å². The summed E-state index contributed by atoms with van der Waals surface area (Å²) in [5.41, 5.74) is 7.97. The fourth-order valence-electron chi connectivity index (χ4n) is 7.88. The minimum atomic E-state index is 0.608. The van der Waals surface area contributed by atoms with E-state index in [1.807, 2.05) is 32.0 Å². The molecule has 50 heavy (non-hydrogen) atoms. The van der Waals surface area contributed by atoms with E-state index >= 15 is 0 Å². The molecule has 10 aromatic rings. The number of anilines is 3. The van der Waals surface area contributed by atoms with Gasteiger partial charge in [0.25, 0.3) is 0 Å². The lowest BCUT2D eigenvalue weighted by molar-refractivity contribution is 0.906. The van der Waals surface area contributed by atoms with Crippen molar-refractivity contribution in [3.05, 3.63) is 163 Å². The smallest absolute Gasteiger partial charge is 0.238 e. The van der Waals surface area contributed by atoms with Crippen molar-refractivity contribution in [2.75, 3.05) is 4.90 Å². The molecule has 0 aliphatic carbocycles. The van der Waals surface area contributed by atoms with Gasteiger partial charge in [0.2, 0.25) is 5.95 Å². The van der Waals surface area contributed by atoms with Crippen LogP contribution in [-0.4, -0.2) is 19.5 Å². The van der Waals surface area contributed by atoms with E-state index in [0.29, 0.717) is 17.6 Å². The first-order valence-electron chi connectivity index (χ1n) is 17.0. The van der Waals surface area contributed by atoms with E-state index < -0.39 is 0 Å². The lowest BCUT2D eigenvalue weighted by Crippen LogP contribution is -2.15. The maximum Gasteiger partial charge on any atom is 0.238 e. The van der Waals surface area contributed by atoms with Gasteiger partial charge in [-0.05, 0) is 106 Å². The second kappa shape index (κ2) is 11.0. The predicted molar refractivity (Wildman–Crippen MR) is 207 cm³/mol. The fourth-order valence-corrected chi connectivity index (χ4v) is 7.88. The third kappa shape index (κ3) is 4.30. The monoisotopic (exact) mass is 641 g/mol. The molecule has 2 aromatic heterocycles. The van der Waals surface area contributed by atoms with Crippen molar-refractivity contribution < 1.29 is 0 Å². The number of aryl methyl sites for hydroxylation is 2. The lowest BCUT2D eigenvalue weighted by Gasteiger charge is -2.23. The van der Waals surface area contributed by atoms with Gasteiger partial charge in [0.1, 0.15) is 11.6 Å². The van der Waals surface area contributed by atoms with Gasteiger partial charge in [0.15, 0.2) is 0 Å². The van der Waals surface area contributed by atoms with Gasteiger partial charge in [0, 0.05) is 27.8 Å². The normalized spacial score (nSPS) is 11.8. The summed E-state index contributed by atoms with van der Waals surface area (Å²) in [6.45, 7) is 3.81. The number of hydrogen-bond acceptors (Lipinski definition) is 4. The van der Waals surface area contributed by atoms with E-state index in [1.54, 1.807) is 0 Å². The zero-order chi connectivity index (χ0) is 33.3. The van der Waals surface area contributed by atoms with Crippen LogP contribution in [0.15, 0.2) is 152 Å². The summed E-state index contributed by atoms with van der Waals surface area (Å²) in [5, 5.41) is 10.2. The Kier molecular flexibility index (Phi) is 6.24.